The molecule has 0 aliphatic rings. The summed E-state index contributed by atoms with van der Waals surface area (Å²) in [6.45, 7) is 3.95. The largest absolute Gasteiger partial charge is 0.346 e. The Balaban J connectivity index is 2.88. The van der Waals surface area contributed by atoms with E-state index in [1.807, 2.05) is 13.8 Å². The van der Waals surface area contributed by atoms with E-state index in [1.54, 1.807) is 0 Å². The molecule has 0 atom stereocenters. The molecule has 1 aromatic carbocycles. The lowest BCUT2D eigenvalue weighted by molar-refractivity contribution is 0.258. The van der Waals surface area contributed by atoms with Crippen molar-refractivity contribution in [1.29, 1.82) is 0 Å². The highest BCUT2D eigenvalue weighted by Crippen LogP contribution is 2.23. The van der Waals surface area contributed by atoms with Gasteiger partial charge in [0.1, 0.15) is 0 Å². The van der Waals surface area contributed by atoms with Gasteiger partial charge in [-0.3, -0.25) is 4.79 Å². The number of rotatable bonds is 3. The number of halogens is 2. The number of thiol groups is 1. The van der Waals surface area contributed by atoms with Crippen LogP contribution in [0, 0.1) is 11.6 Å². The second kappa shape index (κ2) is 4.82. The third-order valence-corrected chi connectivity index (χ3v) is 2.54. The average Bonchev–Trinajstić information content (AvgIpc) is 2.19. The van der Waals surface area contributed by atoms with Crippen molar-refractivity contribution in [2.45, 2.75) is 19.3 Å². The molecule has 0 radical (unpaired) electrons. The molecule has 1 aromatic rings. The summed E-state index contributed by atoms with van der Waals surface area (Å²) in [7, 11) is 0. The van der Waals surface area contributed by atoms with Gasteiger partial charge < -0.3 is 5.32 Å². The number of hydrogen-bond acceptors (Lipinski definition) is 1. The molecule has 0 aliphatic heterocycles. The molecule has 16 heavy (non-hydrogen) atoms. The highest BCUT2D eigenvalue weighted by Gasteiger charge is 2.22. The molecule has 0 saturated heterocycles. The Morgan fingerprint density at radius 1 is 1.38 bits per heavy atom. The molecule has 0 saturated carbocycles. The minimum absolute atomic E-state index is 0.306. The summed E-state index contributed by atoms with van der Waals surface area (Å²) in [5, 5.41) is 2.08. The fraction of sp³-hybridized carbons (Fsp3) is 0.364. The molecular formula is C11H13F2NOS. The minimum Gasteiger partial charge on any atom is -0.346 e. The second-order valence-electron chi connectivity index (χ2n) is 4.17. The Morgan fingerprint density at radius 2 is 2.00 bits per heavy atom. The van der Waals surface area contributed by atoms with Crippen LogP contribution in [0.5, 0.6) is 0 Å². The van der Waals surface area contributed by atoms with Gasteiger partial charge >= 0.3 is 0 Å². The molecule has 88 valence electrons. The number of carbonyl (C=O) groups excluding carboxylic acids is 1. The number of carbonyl (C=O) groups is 1. The molecule has 0 spiro atoms. The maximum absolute atomic E-state index is 13.0. The second-order valence-corrected chi connectivity index (χ2v) is 4.58. The number of benzene rings is 1. The highest BCUT2D eigenvalue weighted by atomic mass is 32.1. The molecule has 0 fully saturated rings. The summed E-state index contributed by atoms with van der Waals surface area (Å²) >= 11 is 3.57. The maximum atomic E-state index is 13.0. The molecule has 0 unspecified atom stereocenters. The zero-order chi connectivity index (χ0) is 12.3. The van der Waals surface area contributed by atoms with E-state index in [9.17, 15) is 13.6 Å². The van der Waals surface area contributed by atoms with Gasteiger partial charge in [-0.1, -0.05) is 32.5 Å². The van der Waals surface area contributed by atoms with E-state index in [-0.39, 0.29) is 0 Å². The van der Waals surface area contributed by atoms with Gasteiger partial charge in [0.05, 0.1) is 0 Å². The van der Waals surface area contributed by atoms with Crippen molar-refractivity contribution >= 4 is 17.9 Å². The minimum atomic E-state index is -0.886. The smallest absolute Gasteiger partial charge is 0.276 e. The summed E-state index contributed by atoms with van der Waals surface area (Å²) in [6.07, 6.45) is 0. The van der Waals surface area contributed by atoms with Crippen molar-refractivity contribution in [3.8, 4) is 0 Å². The number of hydrogen-bond donors (Lipinski definition) is 2. The quantitative estimate of drug-likeness (QED) is 0.788. The fourth-order valence-electron chi connectivity index (χ4n) is 1.32. The lowest BCUT2D eigenvalue weighted by atomic mass is 9.84. The zero-order valence-corrected chi connectivity index (χ0v) is 9.94. The summed E-state index contributed by atoms with van der Waals surface area (Å²) in [6, 6.07) is 3.72. The number of amides is 1. The Labute approximate surface area is 98.5 Å². The standard InChI is InChI=1S/C11H13F2NOS/c1-11(2,6-14-10(15)16)7-3-4-8(12)9(13)5-7/h3-5H,6H2,1-2H3,(H2,14,15,16). The SMILES string of the molecule is CC(C)(CNC(=O)S)c1ccc(F)c(F)c1. The van der Waals surface area contributed by atoms with Crippen LogP contribution in [0.2, 0.25) is 0 Å². The van der Waals surface area contributed by atoms with Gasteiger partial charge in [0.15, 0.2) is 11.6 Å². The van der Waals surface area contributed by atoms with Crippen LogP contribution in [-0.4, -0.2) is 11.8 Å². The molecule has 2 nitrogen and oxygen atoms in total. The van der Waals surface area contributed by atoms with Crippen molar-refractivity contribution < 1.29 is 13.6 Å². The summed E-state index contributed by atoms with van der Waals surface area (Å²) in [5.74, 6) is -1.76. The monoisotopic (exact) mass is 245 g/mol. The van der Waals surface area contributed by atoms with E-state index in [0.717, 1.165) is 12.1 Å². The van der Waals surface area contributed by atoms with Gasteiger partial charge in [-0.05, 0) is 17.7 Å². The van der Waals surface area contributed by atoms with Crippen molar-refractivity contribution in [1.82, 2.24) is 5.32 Å². The van der Waals surface area contributed by atoms with Gasteiger partial charge in [-0.2, -0.15) is 0 Å². The van der Waals surface area contributed by atoms with Gasteiger partial charge in [-0.15, -0.1) is 0 Å². The van der Waals surface area contributed by atoms with Crippen molar-refractivity contribution in [3.63, 3.8) is 0 Å². The summed E-state index contributed by atoms with van der Waals surface area (Å²) < 4.78 is 25.8. The van der Waals surface area contributed by atoms with Crippen LogP contribution in [0.25, 0.3) is 0 Å². The lowest BCUT2D eigenvalue weighted by Gasteiger charge is -2.25. The normalized spacial score (nSPS) is 11.3. The van der Waals surface area contributed by atoms with Crippen molar-refractivity contribution in [2.24, 2.45) is 0 Å². The predicted octanol–water partition coefficient (Wildman–Crippen LogP) is 2.88. The van der Waals surface area contributed by atoms with Crippen LogP contribution in [0.4, 0.5) is 13.6 Å². The first-order valence-corrected chi connectivity index (χ1v) is 5.20. The van der Waals surface area contributed by atoms with Gasteiger partial charge in [-0.25, -0.2) is 8.78 Å². The Kier molecular flexibility index (Phi) is 3.91. The van der Waals surface area contributed by atoms with Gasteiger partial charge in [0, 0.05) is 12.0 Å². The molecule has 0 heterocycles. The first-order chi connectivity index (χ1) is 7.33. The molecule has 1 N–H and O–H groups in total. The van der Waals surface area contributed by atoms with E-state index < -0.39 is 22.3 Å². The fourth-order valence-corrected chi connectivity index (χ4v) is 1.39. The van der Waals surface area contributed by atoms with Crippen LogP contribution >= 0.6 is 12.6 Å². The molecule has 0 aromatic heterocycles. The van der Waals surface area contributed by atoms with E-state index in [4.69, 9.17) is 0 Å². The van der Waals surface area contributed by atoms with Gasteiger partial charge in [0.25, 0.3) is 5.24 Å². The average molecular weight is 245 g/mol. The molecular weight excluding hydrogens is 232 g/mol. The van der Waals surface area contributed by atoms with Crippen LogP contribution < -0.4 is 5.32 Å². The highest BCUT2D eigenvalue weighted by molar-refractivity contribution is 7.96. The molecule has 1 amide bonds. The Hall–Kier alpha value is -1.10. The van der Waals surface area contributed by atoms with Crippen LogP contribution in [0.15, 0.2) is 18.2 Å². The van der Waals surface area contributed by atoms with Crippen LogP contribution in [0.3, 0.4) is 0 Å². The first kappa shape index (κ1) is 13.0. The maximum Gasteiger partial charge on any atom is 0.276 e. The Bertz CT molecular complexity index is 407. The Morgan fingerprint density at radius 3 is 2.50 bits per heavy atom. The lowest BCUT2D eigenvalue weighted by Crippen LogP contribution is -2.34. The third-order valence-electron chi connectivity index (χ3n) is 2.38. The first-order valence-electron chi connectivity index (χ1n) is 4.75. The number of nitrogens with one attached hydrogen (secondary N) is 1. The van der Waals surface area contributed by atoms with E-state index in [0.29, 0.717) is 12.1 Å². The summed E-state index contributed by atoms with van der Waals surface area (Å²) in [4.78, 5) is 10.7. The van der Waals surface area contributed by atoms with Crippen LogP contribution in [-0.2, 0) is 5.41 Å². The molecule has 0 bridgehead atoms. The van der Waals surface area contributed by atoms with E-state index in [2.05, 4.69) is 17.9 Å². The van der Waals surface area contributed by atoms with E-state index in [1.165, 1.54) is 6.07 Å². The third kappa shape index (κ3) is 3.20. The zero-order valence-electron chi connectivity index (χ0n) is 9.05. The van der Waals surface area contributed by atoms with Crippen molar-refractivity contribution in [2.75, 3.05) is 6.54 Å². The topological polar surface area (TPSA) is 29.1 Å². The summed E-state index contributed by atoms with van der Waals surface area (Å²) in [5.41, 5.74) is 0.140. The molecule has 0 aliphatic carbocycles. The predicted molar refractivity (Wildman–Crippen MR) is 61.8 cm³/mol. The van der Waals surface area contributed by atoms with Gasteiger partial charge in [0.2, 0.25) is 0 Å². The molecule has 5 heteroatoms. The van der Waals surface area contributed by atoms with E-state index >= 15 is 0 Å². The van der Waals surface area contributed by atoms with Crippen molar-refractivity contribution in [3.05, 3.63) is 35.4 Å². The molecule has 1 rings (SSSR count). The van der Waals surface area contributed by atoms with Crippen LogP contribution in [0.1, 0.15) is 19.4 Å².